The molecule has 0 aliphatic carbocycles. The van der Waals surface area contributed by atoms with Gasteiger partial charge in [-0.1, -0.05) is 24.6 Å². The molecule has 0 bridgehead atoms. The molecule has 0 spiro atoms. The first-order valence-electron chi connectivity index (χ1n) is 13.1. The Morgan fingerprint density at radius 1 is 1.15 bits per heavy atom. The minimum Gasteiger partial charge on any atom is -0.495 e. The summed E-state index contributed by atoms with van der Waals surface area (Å²) < 4.78 is 7.10. The van der Waals surface area contributed by atoms with Gasteiger partial charge in [0, 0.05) is 57.7 Å². The maximum atomic E-state index is 13.0. The zero-order valence-corrected chi connectivity index (χ0v) is 23.1. The van der Waals surface area contributed by atoms with Crippen molar-refractivity contribution in [3.05, 3.63) is 65.6 Å². The lowest BCUT2D eigenvalue weighted by Gasteiger charge is -2.42. The Bertz CT molecular complexity index is 1240. The number of amides is 3. The highest BCUT2D eigenvalue weighted by molar-refractivity contribution is 6.32. The molecule has 3 heterocycles. The number of nitrogens with one attached hydrogen (secondary N) is 2. The van der Waals surface area contributed by atoms with Gasteiger partial charge < -0.3 is 29.7 Å². The number of urea groups is 1. The van der Waals surface area contributed by atoms with E-state index in [0.717, 1.165) is 17.8 Å². The Balaban J connectivity index is 1.42. The van der Waals surface area contributed by atoms with E-state index in [1.54, 1.807) is 30.7 Å². The van der Waals surface area contributed by atoms with Crippen molar-refractivity contribution in [3.8, 4) is 5.75 Å². The lowest BCUT2D eigenvalue weighted by Crippen LogP contribution is -2.58. The molecule has 1 aliphatic rings. The van der Waals surface area contributed by atoms with Crippen LogP contribution in [0.4, 0.5) is 10.6 Å². The van der Waals surface area contributed by atoms with Crippen molar-refractivity contribution in [3.63, 3.8) is 0 Å². The minimum atomic E-state index is -0.238. The van der Waals surface area contributed by atoms with Gasteiger partial charge in [0.15, 0.2) is 0 Å². The quantitative estimate of drug-likeness (QED) is 0.374. The highest BCUT2D eigenvalue weighted by Crippen LogP contribution is 2.25. The topological polar surface area (TPSA) is 118 Å². The van der Waals surface area contributed by atoms with Gasteiger partial charge in [-0.25, -0.2) is 19.7 Å². The number of aromatic nitrogens is 4. The third-order valence-electron chi connectivity index (χ3n) is 6.54. The van der Waals surface area contributed by atoms with Gasteiger partial charge >= 0.3 is 6.03 Å². The van der Waals surface area contributed by atoms with Crippen LogP contribution in [0.2, 0.25) is 5.02 Å². The number of rotatable bonds is 11. The number of nitrogens with zero attached hydrogens (tertiary/aromatic N) is 6. The molecule has 208 valence electrons. The SMILES string of the molecule is CCCNC(=O)N1CCN(c2ccnc(Cn3ccnc3)n2)C(CC(=O)NCCc2ccc(OC)c(Cl)c2)C1. The summed E-state index contributed by atoms with van der Waals surface area (Å²) in [5.41, 5.74) is 1.01. The van der Waals surface area contributed by atoms with Crippen LogP contribution in [0.1, 0.15) is 31.2 Å². The maximum Gasteiger partial charge on any atom is 0.317 e. The molecular formula is C27H35ClN8O3. The van der Waals surface area contributed by atoms with Crippen molar-refractivity contribution in [1.82, 2.24) is 35.1 Å². The molecule has 1 saturated heterocycles. The molecule has 12 heteroatoms. The van der Waals surface area contributed by atoms with Crippen molar-refractivity contribution in [2.45, 2.75) is 38.8 Å². The number of carbonyl (C=O) groups excluding carboxylic acids is 2. The standard InChI is InChI=1S/C27H35ClN8O3/c1-3-8-32-27(38)35-13-14-36(25-7-10-30-24(33-25)18-34-12-11-29-19-34)21(17-35)16-26(37)31-9-6-20-4-5-23(39-2)22(28)15-20/h4-5,7,10-12,15,19,21H,3,6,8-9,13-14,16-18H2,1-2H3,(H,31,37)(H,32,38). The molecule has 1 atom stereocenters. The molecule has 39 heavy (non-hydrogen) atoms. The Morgan fingerprint density at radius 3 is 2.77 bits per heavy atom. The number of anilines is 1. The van der Waals surface area contributed by atoms with Gasteiger partial charge in [-0.2, -0.15) is 0 Å². The Morgan fingerprint density at radius 2 is 2.03 bits per heavy atom. The van der Waals surface area contributed by atoms with Gasteiger partial charge in [-0.15, -0.1) is 0 Å². The summed E-state index contributed by atoms with van der Waals surface area (Å²) in [6, 6.07) is 7.10. The van der Waals surface area contributed by atoms with E-state index in [1.807, 2.05) is 42.0 Å². The maximum absolute atomic E-state index is 13.0. The third kappa shape index (κ3) is 7.82. The van der Waals surface area contributed by atoms with Crippen LogP contribution in [0.15, 0.2) is 49.2 Å². The second-order valence-corrected chi connectivity index (χ2v) is 9.77. The molecule has 11 nitrogen and oxygen atoms in total. The molecule has 0 saturated carbocycles. The van der Waals surface area contributed by atoms with E-state index in [4.69, 9.17) is 21.3 Å². The first-order valence-corrected chi connectivity index (χ1v) is 13.5. The zero-order chi connectivity index (χ0) is 27.6. The van der Waals surface area contributed by atoms with Gasteiger partial charge in [0.1, 0.15) is 17.4 Å². The van der Waals surface area contributed by atoms with Gasteiger partial charge in [0.2, 0.25) is 5.91 Å². The second kappa shape index (κ2) is 13.8. The number of methoxy groups -OCH3 is 1. The molecule has 1 fully saturated rings. The first-order chi connectivity index (χ1) is 19.0. The number of halogens is 1. The van der Waals surface area contributed by atoms with Crippen molar-refractivity contribution < 1.29 is 14.3 Å². The highest BCUT2D eigenvalue weighted by Gasteiger charge is 2.32. The molecule has 3 amide bonds. The number of hydrogen-bond acceptors (Lipinski definition) is 7. The molecule has 1 aliphatic heterocycles. The van der Waals surface area contributed by atoms with Crippen LogP contribution < -0.4 is 20.3 Å². The third-order valence-corrected chi connectivity index (χ3v) is 6.83. The number of carbonyl (C=O) groups is 2. The monoisotopic (exact) mass is 554 g/mol. The van der Waals surface area contributed by atoms with E-state index in [9.17, 15) is 9.59 Å². The van der Waals surface area contributed by atoms with Crippen LogP contribution in [0.5, 0.6) is 5.75 Å². The van der Waals surface area contributed by atoms with Crippen LogP contribution in [0.25, 0.3) is 0 Å². The number of benzene rings is 1. The lowest BCUT2D eigenvalue weighted by atomic mass is 10.1. The van der Waals surface area contributed by atoms with Crippen LogP contribution in [0, 0.1) is 0 Å². The van der Waals surface area contributed by atoms with Crippen LogP contribution >= 0.6 is 11.6 Å². The number of hydrogen-bond donors (Lipinski definition) is 2. The summed E-state index contributed by atoms with van der Waals surface area (Å²) in [4.78, 5) is 42.9. The van der Waals surface area contributed by atoms with Gasteiger partial charge in [-0.3, -0.25) is 4.79 Å². The number of piperazine rings is 1. The molecule has 0 radical (unpaired) electrons. The van der Waals surface area contributed by atoms with Crippen LogP contribution in [0.3, 0.4) is 0 Å². The zero-order valence-electron chi connectivity index (χ0n) is 22.3. The van der Waals surface area contributed by atoms with Crippen LogP contribution in [-0.4, -0.2) is 82.2 Å². The molecular weight excluding hydrogens is 520 g/mol. The van der Waals surface area contributed by atoms with Crippen molar-refractivity contribution in [2.75, 3.05) is 44.7 Å². The average Bonchev–Trinajstić information content (AvgIpc) is 3.45. The van der Waals surface area contributed by atoms with E-state index in [-0.39, 0.29) is 24.4 Å². The number of ether oxygens (including phenoxy) is 1. The van der Waals surface area contributed by atoms with E-state index in [2.05, 4.69) is 25.5 Å². The summed E-state index contributed by atoms with van der Waals surface area (Å²) in [5.74, 6) is 1.91. The van der Waals surface area contributed by atoms with Crippen molar-refractivity contribution >= 4 is 29.4 Å². The fraction of sp³-hybridized carbons (Fsp3) is 0.444. The number of imidazole rings is 1. The fourth-order valence-corrected chi connectivity index (χ4v) is 4.81. The summed E-state index contributed by atoms with van der Waals surface area (Å²) in [6.45, 7) is 5.10. The van der Waals surface area contributed by atoms with Crippen LogP contribution in [-0.2, 0) is 17.8 Å². The molecule has 2 N–H and O–H groups in total. The van der Waals surface area contributed by atoms with Gasteiger partial charge in [0.25, 0.3) is 0 Å². The van der Waals surface area contributed by atoms with Gasteiger partial charge in [-0.05, 0) is 36.6 Å². The fourth-order valence-electron chi connectivity index (χ4n) is 4.53. The smallest absolute Gasteiger partial charge is 0.317 e. The van der Waals surface area contributed by atoms with Crippen molar-refractivity contribution in [1.29, 1.82) is 0 Å². The van der Waals surface area contributed by atoms with E-state index >= 15 is 0 Å². The molecule has 2 aromatic heterocycles. The largest absolute Gasteiger partial charge is 0.495 e. The molecule has 1 aromatic carbocycles. The average molecular weight is 555 g/mol. The summed E-state index contributed by atoms with van der Waals surface area (Å²) in [6.07, 6.45) is 8.74. The normalized spacial score (nSPS) is 15.2. The predicted molar refractivity (Wildman–Crippen MR) is 149 cm³/mol. The summed E-state index contributed by atoms with van der Waals surface area (Å²) >= 11 is 6.23. The second-order valence-electron chi connectivity index (χ2n) is 9.36. The van der Waals surface area contributed by atoms with Gasteiger partial charge in [0.05, 0.1) is 31.0 Å². The van der Waals surface area contributed by atoms with E-state index in [0.29, 0.717) is 62.3 Å². The van der Waals surface area contributed by atoms with E-state index in [1.165, 1.54) is 0 Å². The first kappa shape index (κ1) is 28.2. The highest BCUT2D eigenvalue weighted by atomic mass is 35.5. The molecule has 3 aromatic rings. The van der Waals surface area contributed by atoms with E-state index < -0.39 is 0 Å². The predicted octanol–water partition coefficient (Wildman–Crippen LogP) is 2.74. The Labute approximate surface area is 233 Å². The van der Waals surface area contributed by atoms with Crippen molar-refractivity contribution in [2.24, 2.45) is 0 Å². The Hall–Kier alpha value is -3.86. The minimum absolute atomic E-state index is 0.0897. The lowest BCUT2D eigenvalue weighted by molar-refractivity contribution is -0.121. The summed E-state index contributed by atoms with van der Waals surface area (Å²) in [5, 5.41) is 6.50. The molecule has 4 rings (SSSR count). The summed E-state index contributed by atoms with van der Waals surface area (Å²) in [7, 11) is 1.58. The Kier molecular flexibility index (Phi) is 9.96. The molecule has 1 unspecified atom stereocenters.